The zero-order valence-electron chi connectivity index (χ0n) is 15.0. The number of aromatic nitrogens is 1. The minimum absolute atomic E-state index is 0.398. The van der Waals surface area contributed by atoms with Gasteiger partial charge in [-0.1, -0.05) is 18.2 Å². The van der Waals surface area contributed by atoms with E-state index in [1.54, 1.807) is 11.3 Å². The second-order valence-corrected chi connectivity index (χ2v) is 7.54. The highest BCUT2D eigenvalue weighted by atomic mass is 32.1. The molecule has 4 nitrogen and oxygen atoms in total. The topological polar surface area (TPSA) is 22.6 Å². The normalized spacial score (nSPS) is 17.4. The van der Waals surface area contributed by atoms with E-state index < -0.39 is 0 Å². The molecule has 1 atom stereocenters. The summed E-state index contributed by atoms with van der Waals surface area (Å²) in [4.78, 5) is 12.1. The van der Waals surface area contributed by atoms with Gasteiger partial charge in [0.25, 0.3) is 0 Å². The van der Waals surface area contributed by atoms with Crippen molar-refractivity contribution in [3.63, 3.8) is 0 Å². The van der Waals surface area contributed by atoms with Crippen molar-refractivity contribution >= 4 is 17.0 Å². The number of aryl methyl sites for hydroxylation is 1. The molecule has 1 aliphatic heterocycles. The third-order valence-electron chi connectivity index (χ3n) is 4.92. The molecule has 0 spiro atoms. The van der Waals surface area contributed by atoms with Crippen LogP contribution in [-0.4, -0.2) is 61.1 Å². The predicted octanol–water partition coefficient (Wildman–Crippen LogP) is 3.27. The van der Waals surface area contributed by atoms with E-state index in [2.05, 4.69) is 76.3 Å². The average molecular weight is 345 g/mol. The van der Waals surface area contributed by atoms with Crippen LogP contribution in [0.2, 0.25) is 0 Å². The van der Waals surface area contributed by atoms with E-state index in [1.165, 1.54) is 10.7 Å². The van der Waals surface area contributed by atoms with Gasteiger partial charge in [-0.05, 0) is 33.0 Å². The lowest BCUT2D eigenvalue weighted by molar-refractivity contribution is 0.190. The number of benzene rings is 1. The molecule has 0 amide bonds. The summed E-state index contributed by atoms with van der Waals surface area (Å²) in [6, 6.07) is 11.1. The summed E-state index contributed by atoms with van der Waals surface area (Å²) in [6.45, 7) is 11.1. The highest BCUT2D eigenvalue weighted by molar-refractivity contribution is 7.09. The van der Waals surface area contributed by atoms with Crippen LogP contribution in [0.25, 0.3) is 0 Å². The van der Waals surface area contributed by atoms with Crippen LogP contribution in [0.1, 0.15) is 23.7 Å². The Morgan fingerprint density at radius 1 is 1.17 bits per heavy atom. The van der Waals surface area contributed by atoms with Crippen molar-refractivity contribution < 1.29 is 0 Å². The molecule has 1 aromatic carbocycles. The Kier molecular flexibility index (Phi) is 5.87. The Balaban J connectivity index is 1.43. The number of thiazole rings is 1. The van der Waals surface area contributed by atoms with Crippen molar-refractivity contribution in [1.82, 2.24) is 14.8 Å². The van der Waals surface area contributed by atoms with E-state index in [-0.39, 0.29) is 0 Å². The number of rotatable bonds is 6. The summed E-state index contributed by atoms with van der Waals surface area (Å²) in [5.41, 5.74) is 2.48. The third-order valence-corrected chi connectivity index (χ3v) is 6.05. The quantitative estimate of drug-likeness (QED) is 0.802. The van der Waals surface area contributed by atoms with Crippen molar-refractivity contribution in [3.8, 4) is 0 Å². The van der Waals surface area contributed by atoms with Crippen LogP contribution in [0, 0.1) is 6.92 Å². The van der Waals surface area contributed by atoms with Gasteiger partial charge in [-0.25, -0.2) is 4.98 Å². The van der Waals surface area contributed by atoms with Gasteiger partial charge in [-0.2, -0.15) is 0 Å². The van der Waals surface area contributed by atoms with Crippen molar-refractivity contribution in [2.75, 3.05) is 51.2 Å². The number of anilines is 1. The van der Waals surface area contributed by atoms with Crippen LogP contribution >= 0.6 is 11.3 Å². The fraction of sp³-hybridized carbons (Fsp3) is 0.526. The van der Waals surface area contributed by atoms with Gasteiger partial charge < -0.3 is 4.90 Å². The van der Waals surface area contributed by atoms with Crippen molar-refractivity contribution in [2.45, 2.75) is 19.9 Å². The minimum Gasteiger partial charge on any atom is -0.369 e. The van der Waals surface area contributed by atoms with Crippen molar-refractivity contribution in [1.29, 1.82) is 0 Å². The summed E-state index contributed by atoms with van der Waals surface area (Å²) in [6.07, 6.45) is 0. The standard InChI is InChI=1S/C19H28N4S/c1-16-15-24-19(20-16)17(2)21(3)9-10-22-11-13-23(14-12-22)18-7-5-4-6-8-18/h4-8,15,17H,9-14H2,1-3H3/t17-/m0/s1. The second-order valence-electron chi connectivity index (χ2n) is 6.65. The largest absolute Gasteiger partial charge is 0.369 e. The molecule has 0 saturated carbocycles. The summed E-state index contributed by atoms with van der Waals surface area (Å²) in [5.74, 6) is 0. The number of likely N-dealkylation sites (N-methyl/N-ethyl adjacent to an activating group) is 1. The maximum atomic E-state index is 4.63. The van der Waals surface area contributed by atoms with E-state index in [4.69, 9.17) is 0 Å². The monoisotopic (exact) mass is 344 g/mol. The molecular weight excluding hydrogens is 316 g/mol. The molecule has 1 fully saturated rings. The Hall–Kier alpha value is -1.43. The summed E-state index contributed by atoms with van der Waals surface area (Å²) >= 11 is 1.77. The lowest BCUT2D eigenvalue weighted by atomic mass is 10.2. The molecule has 0 N–H and O–H groups in total. The number of para-hydroxylation sites is 1. The summed E-state index contributed by atoms with van der Waals surface area (Å²) in [7, 11) is 2.21. The molecule has 3 rings (SSSR count). The van der Waals surface area contributed by atoms with Gasteiger partial charge in [0, 0.05) is 56.0 Å². The van der Waals surface area contributed by atoms with Crippen LogP contribution in [-0.2, 0) is 0 Å². The van der Waals surface area contributed by atoms with E-state index >= 15 is 0 Å². The third kappa shape index (κ3) is 4.35. The number of hydrogen-bond donors (Lipinski definition) is 0. The Morgan fingerprint density at radius 2 is 1.88 bits per heavy atom. The Labute approximate surface area is 149 Å². The van der Waals surface area contributed by atoms with E-state index in [0.717, 1.165) is 45.0 Å². The molecule has 0 unspecified atom stereocenters. The molecule has 5 heteroatoms. The minimum atomic E-state index is 0.398. The molecule has 130 valence electrons. The molecule has 1 aromatic heterocycles. The highest BCUT2D eigenvalue weighted by Gasteiger charge is 2.19. The van der Waals surface area contributed by atoms with Gasteiger partial charge in [-0.15, -0.1) is 11.3 Å². The summed E-state index contributed by atoms with van der Waals surface area (Å²) < 4.78 is 0. The van der Waals surface area contributed by atoms with Crippen molar-refractivity contribution in [3.05, 3.63) is 46.4 Å². The van der Waals surface area contributed by atoms with Crippen LogP contribution in [0.5, 0.6) is 0 Å². The van der Waals surface area contributed by atoms with Gasteiger partial charge in [-0.3, -0.25) is 9.80 Å². The molecule has 2 aromatic rings. The maximum Gasteiger partial charge on any atom is 0.110 e. The smallest absolute Gasteiger partial charge is 0.110 e. The molecule has 1 aliphatic rings. The molecular formula is C19H28N4S. The van der Waals surface area contributed by atoms with Crippen molar-refractivity contribution in [2.24, 2.45) is 0 Å². The fourth-order valence-electron chi connectivity index (χ4n) is 3.11. The van der Waals surface area contributed by atoms with Gasteiger partial charge in [0.2, 0.25) is 0 Å². The first-order valence-electron chi connectivity index (χ1n) is 8.78. The lowest BCUT2D eigenvalue weighted by Crippen LogP contribution is -2.48. The van der Waals surface area contributed by atoms with E-state index in [1.807, 2.05) is 0 Å². The van der Waals surface area contributed by atoms with Crippen LogP contribution in [0.3, 0.4) is 0 Å². The molecule has 24 heavy (non-hydrogen) atoms. The van der Waals surface area contributed by atoms with Crippen LogP contribution in [0.4, 0.5) is 5.69 Å². The first-order valence-corrected chi connectivity index (χ1v) is 9.66. The van der Waals surface area contributed by atoms with Crippen LogP contribution < -0.4 is 4.90 Å². The Bertz CT molecular complexity index is 619. The highest BCUT2D eigenvalue weighted by Crippen LogP contribution is 2.22. The maximum absolute atomic E-state index is 4.63. The number of hydrogen-bond acceptors (Lipinski definition) is 5. The first kappa shape index (κ1) is 17.4. The molecule has 1 saturated heterocycles. The summed E-state index contributed by atoms with van der Waals surface area (Å²) in [5, 5.41) is 3.37. The molecule has 0 bridgehead atoms. The van der Waals surface area contributed by atoms with Gasteiger partial charge in [0.05, 0.1) is 6.04 Å². The zero-order chi connectivity index (χ0) is 16.9. The zero-order valence-corrected chi connectivity index (χ0v) is 15.8. The van der Waals surface area contributed by atoms with E-state index in [0.29, 0.717) is 6.04 Å². The second kappa shape index (κ2) is 8.10. The number of nitrogens with zero attached hydrogens (tertiary/aromatic N) is 4. The first-order chi connectivity index (χ1) is 11.6. The van der Waals surface area contributed by atoms with Gasteiger partial charge >= 0.3 is 0 Å². The predicted molar refractivity (Wildman–Crippen MR) is 103 cm³/mol. The van der Waals surface area contributed by atoms with Gasteiger partial charge in [0.1, 0.15) is 5.01 Å². The fourth-order valence-corrected chi connectivity index (χ4v) is 4.03. The van der Waals surface area contributed by atoms with Crippen LogP contribution in [0.15, 0.2) is 35.7 Å². The number of piperazine rings is 1. The molecule has 0 radical (unpaired) electrons. The molecule has 2 heterocycles. The lowest BCUT2D eigenvalue weighted by Gasteiger charge is -2.37. The van der Waals surface area contributed by atoms with E-state index in [9.17, 15) is 0 Å². The average Bonchev–Trinajstić information content (AvgIpc) is 3.06. The molecule has 0 aliphatic carbocycles. The SMILES string of the molecule is Cc1csc([C@H](C)N(C)CCN2CCN(c3ccccc3)CC2)n1. The Morgan fingerprint density at radius 3 is 2.50 bits per heavy atom. The van der Waals surface area contributed by atoms with Gasteiger partial charge in [0.15, 0.2) is 0 Å².